The molecule has 5 heteroatoms. The Morgan fingerprint density at radius 2 is 2.42 bits per heavy atom. The van der Waals surface area contributed by atoms with E-state index in [0.717, 1.165) is 19.4 Å². The van der Waals surface area contributed by atoms with Crippen LogP contribution in [-0.2, 0) is 4.74 Å². The zero-order valence-electron chi connectivity index (χ0n) is 10.8. The lowest BCUT2D eigenvalue weighted by molar-refractivity contribution is 0.0679. The van der Waals surface area contributed by atoms with Gasteiger partial charge < -0.3 is 19.9 Å². The van der Waals surface area contributed by atoms with Gasteiger partial charge in [-0.05, 0) is 31.0 Å². The molecule has 1 amide bonds. The van der Waals surface area contributed by atoms with Crippen molar-refractivity contribution in [2.45, 2.75) is 18.9 Å². The van der Waals surface area contributed by atoms with E-state index in [0.29, 0.717) is 17.9 Å². The predicted molar refractivity (Wildman–Crippen MR) is 70.3 cm³/mol. The molecule has 0 spiro atoms. The summed E-state index contributed by atoms with van der Waals surface area (Å²) < 4.78 is 11.1. The van der Waals surface area contributed by atoms with Crippen LogP contribution >= 0.6 is 0 Å². The van der Waals surface area contributed by atoms with Gasteiger partial charge in [-0.15, -0.1) is 0 Å². The van der Waals surface area contributed by atoms with Crippen molar-refractivity contribution in [1.82, 2.24) is 5.32 Å². The van der Waals surface area contributed by atoms with Crippen LogP contribution in [0.15, 0.2) is 24.3 Å². The Bertz CT molecular complexity index is 416. The highest BCUT2D eigenvalue weighted by Gasteiger charge is 2.16. The molecular formula is C14H19NO4. The summed E-state index contributed by atoms with van der Waals surface area (Å²) in [7, 11) is 0. The first kappa shape index (κ1) is 13.8. The molecule has 1 fully saturated rings. The summed E-state index contributed by atoms with van der Waals surface area (Å²) in [5, 5.41) is 11.3. The van der Waals surface area contributed by atoms with Gasteiger partial charge in [0.2, 0.25) is 0 Å². The number of rotatable bonds is 6. The molecule has 0 aromatic heterocycles. The predicted octanol–water partition coefficient (Wildman–Crippen LogP) is 0.966. The van der Waals surface area contributed by atoms with Gasteiger partial charge in [-0.1, -0.05) is 6.07 Å². The normalized spacial score (nSPS) is 18.3. The Balaban J connectivity index is 1.88. The Kier molecular flexibility index (Phi) is 5.18. The molecule has 1 saturated heterocycles. The van der Waals surface area contributed by atoms with Gasteiger partial charge in [-0.25, -0.2) is 0 Å². The summed E-state index contributed by atoms with van der Waals surface area (Å²) in [6.07, 6.45) is 2.26. The lowest BCUT2D eigenvalue weighted by Gasteiger charge is -2.12. The zero-order chi connectivity index (χ0) is 13.5. The van der Waals surface area contributed by atoms with E-state index in [1.807, 2.05) is 6.07 Å². The van der Waals surface area contributed by atoms with E-state index in [2.05, 4.69) is 5.32 Å². The van der Waals surface area contributed by atoms with Gasteiger partial charge in [0.1, 0.15) is 12.4 Å². The van der Waals surface area contributed by atoms with Crippen molar-refractivity contribution < 1.29 is 19.4 Å². The lowest BCUT2D eigenvalue weighted by Crippen LogP contribution is -2.26. The highest BCUT2D eigenvalue weighted by molar-refractivity contribution is 5.94. The molecule has 0 saturated carbocycles. The van der Waals surface area contributed by atoms with Crippen LogP contribution in [0, 0.1) is 0 Å². The van der Waals surface area contributed by atoms with E-state index in [4.69, 9.17) is 14.6 Å². The Morgan fingerprint density at radius 3 is 3.16 bits per heavy atom. The van der Waals surface area contributed by atoms with Crippen LogP contribution in [0.4, 0.5) is 0 Å². The number of amides is 1. The minimum absolute atomic E-state index is 0.0685. The standard InChI is InChI=1S/C14H19NO4/c16-7-6-15-14(17)11-3-1-4-12(9-11)19-10-13-5-2-8-18-13/h1,3-4,9,13,16H,2,5-8,10H2,(H,15,17). The highest BCUT2D eigenvalue weighted by Crippen LogP contribution is 2.17. The molecular weight excluding hydrogens is 246 g/mol. The molecule has 1 aromatic carbocycles. The van der Waals surface area contributed by atoms with E-state index in [1.54, 1.807) is 18.2 Å². The second kappa shape index (κ2) is 7.11. The van der Waals surface area contributed by atoms with Gasteiger partial charge in [0, 0.05) is 18.7 Å². The molecule has 1 heterocycles. The van der Waals surface area contributed by atoms with Crippen LogP contribution in [0.1, 0.15) is 23.2 Å². The number of carbonyl (C=O) groups excluding carboxylic acids is 1. The van der Waals surface area contributed by atoms with Gasteiger partial charge >= 0.3 is 0 Å². The smallest absolute Gasteiger partial charge is 0.251 e. The monoisotopic (exact) mass is 265 g/mol. The van der Waals surface area contributed by atoms with Crippen molar-refractivity contribution in [1.29, 1.82) is 0 Å². The second-order valence-electron chi connectivity index (χ2n) is 4.45. The average Bonchev–Trinajstić information content (AvgIpc) is 2.96. The molecule has 5 nitrogen and oxygen atoms in total. The molecule has 19 heavy (non-hydrogen) atoms. The Labute approximate surface area is 112 Å². The van der Waals surface area contributed by atoms with E-state index in [9.17, 15) is 4.79 Å². The maximum absolute atomic E-state index is 11.7. The molecule has 1 aromatic rings. The number of hydrogen-bond donors (Lipinski definition) is 2. The Hall–Kier alpha value is -1.59. The van der Waals surface area contributed by atoms with Gasteiger partial charge in [-0.2, -0.15) is 0 Å². The average molecular weight is 265 g/mol. The fraction of sp³-hybridized carbons (Fsp3) is 0.500. The lowest BCUT2D eigenvalue weighted by atomic mass is 10.2. The molecule has 2 N–H and O–H groups in total. The van der Waals surface area contributed by atoms with E-state index in [-0.39, 0.29) is 25.2 Å². The summed E-state index contributed by atoms with van der Waals surface area (Å²) in [6, 6.07) is 7.00. The summed E-state index contributed by atoms with van der Waals surface area (Å²) in [4.78, 5) is 11.7. The largest absolute Gasteiger partial charge is 0.491 e. The molecule has 1 atom stereocenters. The SMILES string of the molecule is O=C(NCCO)c1cccc(OCC2CCCO2)c1. The molecule has 2 rings (SSSR count). The van der Waals surface area contributed by atoms with Crippen molar-refractivity contribution in [2.24, 2.45) is 0 Å². The summed E-state index contributed by atoms with van der Waals surface area (Å²) in [5.74, 6) is 0.448. The summed E-state index contributed by atoms with van der Waals surface area (Å²) in [5.41, 5.74) is 0.526. The van der Waals surface area contributed by atoms with Crippen LogP contribution in [0.2, 0.25) is 0 Å². The van der Waals surface area contributed by atoms with Crippen molar-refractivity contribution in [3.8, 4) is 5.75 Å². The van der Waals surface area contributed by atoms with Crippen LogP contribution in [-0.4, -0.2) is 43.5 Å². The maximum atomic E-state index is 11.7. The molecule has 104 valence electrons. The van der Waals surface area contributed by atoms with Crippen LogP contribution in [0.5, 0.6) is 5.75 Å². The number of benzene rings is 1. The maximum Gasteiger partial charge on any atom is 0.251 e. The molecule has 0 bridgehead atoms. The van der Waals surface area contributed by atoms with Gasteiger partial charge in [0.05, 0.1) is 12.7 Å². The Morgan fingerprint density at radius 1 is 1.53 bits per heavy atom. The number of aliphatic hydroxyl groups excluding tert-OH is 1. The topological polar surface area (TPSA) is 67.8 Å². The van der Waals surface area contributed by atoms with Gasteiger partial charge in [0.15, 0.2) is 0 Å². The molecule has 1 aliphatic rings. The van der Waals surface area contributed by atoms with Gasteiger partial charge in [0.25, 0.3) is 5.91 Å². The number of ether oxygens (including phenoxy) is 2. The van der Waals surface area contributed by atoms with Crippen LogP contribution in [0.3, 0.4) is 0 Å². The number of aliphatic hydroxyl groups is 1. The highest BCUT2D eigenvalue weighted by atomic mass is 16.5. The quantitative estimate of drug-likeness (QED) is 0.804. The van der Waals surface area contributed by atoms with Crippen LogP contribution in [0.25, 0.3) is 0 Å². The third kappa shape index (κ3) is 4.22. The first-order valence-electron chi connectivity index (χ1n) is 6.53. The minimum Gasteiger partial charge on any atom is -0.491 e. The molecule has 1 unspecified atom stereocenters. The summed E-state index contributed by atoms with van der Waals surface area (Å²) in [6.45, 7) is 1.50. The summed E-state index contributed by atoms with van der Waals surface area (Å²) >= 11 is 0. The number of carbonyl (C=O) groups is 1. The number of hydrogen-bond acceptors (Lipinski definition) is 4. The fourth-order valence-electron chi connectivity index (χ4n) is 1.96. The molecule has 0 aliphatic carbocycles. The third-order valence-electron chi connectivity index (χ3n) is 2.95. The van der Waals surface area contributed by atoms with Crippen molar-refractivity contribution in [3.63, 3.8) is 0 Å². The molecule has 0 radical (unpaired) electrons. The van der Waals surface area contributed by atoms with E-state index >= 15 is 0 Å². The van der Waals surface area contributed by atoms with Crippen molar-refractivity contribution >= 4 is 5.91 Å². The van der Waals surface area contributed by atoms with Crippen molar-refractivity contribution in [2.75, 3.05) is 26.4 Å². The van der Waals surface area contributed by atoms with E-state index in [1.165, 1.54) is 0 Å². The van der Waals surface area contributed by atoms with E-state index < -0.39 is 0 Å². The molecule has 1 aliphatic heterocycles. The van der Waals surface area contributed by atoms with Gasteiger partial charge in [-0.3, -0.25) is 4.79 Å². The minimum atomic E-state index is -0.211. The van der Waals surface area contributed by atoms with Crippen molar-refractivity contribution in [3.05, 3.63) is 29.8 Å². The first-order valence-corrected chi connectivity index (χ1v) is 6.53. The van der Waals surface area contributed by atoms with Crippen LogP contribution < -0.4 is 10.1 Å². The zero-order valence-corrected chi connectivity index (χ0v) is 10.8. The number of nitrogens with one attached hydrogen (secondary N) is 1. The second-order valence-corrected chi connectivity index (χ2v) is 4.45. The third-order valence-corrected chi connectivity index (χ3v) is 2.95. The fourth-order valence-corrected chi connectivity index (χ4v) is 1.96. The first-order chi connectivity index (χ1) is 9.29.